The summed E-state index contributed by atoms with van der Waals surface area (Å²) in [5.41, 5.74) is 1.07. The summed E-state index contributed by atoms with van der Waals surface area (Å²) in [6.07, 6.45) is 0. The van der Waals surface area contributed by atoms with Gasteiger partial charge in [-0.3, -0.25) is 0 Å². The van der Waals surface area contributed by atoms with Crippen LogP contribution in [0.5, 0.6) is 5.75 Å². The van der Waals surface area contributed by atoms with Crippen molar-refractivity contribution in [3.63, 3.8) is 0 Å². The third kappa shape index (κ3) is 2.36. The van der Waals surface area contributed by atoms with Crippen LogP contribution in [0.1, 0.15) is 5.56 Å². The van der Waals surface area contributed by atoms with E-state index < -0.39 is 0 Å². The van der Waals surface area contributed by atoms with Gasteiger partial charge in [-0.25, -0.2) is 0 Å². The maximum absolute atomic E-state index is 5.56. The molecule has 0 aliphatic rings. The lowest BCUT2D eigenvalue weighted by Crippen LogP contribution is -1.94. The van der Waals surface area contributed by atoms with Gasteiger partial charge in [-0.15, -0.1) is 0 Å². The highest BCUT2D eigenvalue weighted by Crippen LogP contribution is 2.10. The molecule has 0 aromatic heterocycles. The second kappa shape index (κ2) is 4.47. The van der Waals surface area contributed by atoms with E-state index in [-0.39, 0.29) is 0 Å². The van der Waals surface area contributed by atoms with Gasteiger partial charge in [-0.1, -0.05) is 42.5 Å². The Bertz CT molecular complexity index is 327. The van der Waals surface area contributed by atoms with Crippen LogP contribution >= 0.6 is 0 Å². The van der Waals surface area contributed by atoms with Crippen LogP contribution in [0.3, 0.4) is 0 Å². The minimum Gasteiger partial charge on any atom is -0.489 e. The van der Waals surface area contributed by atoms with Crippen LogP contribution in [0.2, 0.25) is 0 Å². The number of hydrogen-bond acceptors (Lipinski definition) is 1. The topological polar surface area (TPSA) is 9.23 Å². The molecule has 0 aliphatic carbocycles. The van der Waals surface area contributed by atoms with Gasteiger partial charge >= 0.3 is 0 Å². The van der Waals surface area contributed by atoms with Crippen molar-refractivity contribution in [1.29, 1.82) is 0 Å². The maximum atomic E-state index is 5.56. The minimum atomic E-state index is 0.574. The van der Waals surface area contributed by atoms with Crippen LogP contribution in [0.4, 0.5) is 0 Å². The van der Waals surface area contributed by atoms with Crippen LogP contribution in [0.25, 0.3) is 0 Å². The summed E-state index contributed by atoms with van der Waals surface area (Å²) in [6, 6.07) is 20.7. The first-order chi connectivity index (χ1) is 6.95. The van der Waals surface area contributed by atoms with Crippen molar-refractivity contribution in [2.75, 3.05) is 0 Å². The molecule has 0 unspecified atom stereocenters. The molecule has 0 heterocycles. The molecule has 0 fully saturated rings. The molecule has 0 bridgehead atoms. The molecule has 2 aromatic carbocycles. The quantitative estimate of drug-likeness (QED) is 0.710. The Kier molecular flexibility index (Phi) is 2.82. The Hall–Kier alpha value is -1.76. The van der Waals surface area contributed by atoms with Crippen LogP contribution in [-0.4, -0.2) is 0 Å². The van der Waals surface area contributed by atoms with E-state index in [0.717, 1.165) is 11.3 Å². The molecule has 1 nitrogen and oxygen atoms in total. The molecule has 0 spiro atoms. The van der Waals surface area contributed by atoms with E-state index in [1.807, 2.05) is 54.6 Å². The molecule has 2 aromatic rings. The summed E-state index contributed by atoms with van der Waals surface area (Å²) in [4.78, 5) is 0. The van der Waals surface area contributed by atoms with Crippen molar-refractivity contribution in [3.8, 4) is 5.75 Å². The van der Waals surface area contributed by atoms with Crippen molar-refractivity contribution in [2.24, 2.45) is 0 Å². The zero-order valence-corrected chi connectivity index (χ0v) is 7.81. The molecule has 0 aliphatic heterocycles. The Morgan fingerprint density at radius 3 is 2.43 bits per heavy atom. The fraction of sp³-hybridized carbons (Fsp3) is 0.0769. The number of benzene rings is 2. The minimum absolute atomic E-state index is 0.574. The molecular formula is C13H11O. The average molecular weight is 183 g/mol. The predicted octanol–water partition coefficient (Wildman–Crippen LogP) is 3.07. The van der Waals surface area contributed by atoms with Gasteiger partial charge in [0.2, 0.25) is 0 Å². The molecule has 2 rings (SSSR count). The fourth-order valence-corrected chi connectivity index (χ4v) is 1.20. The smallest absolute Gasteiger partial charge is 0.119 e. The Balaban J connectivity index is 1.96. The van der Waals surface area contributed by atoms with Gasteiger partial charge in [0.25, 0.3) is 0 Å². The lowest BCUT2D eigenvalue weighted by Gasteiger charge is -2.04. The van der Waals surface area contributed by atoms with E-state index in [2.05, 4.69) is 6.07 Å². The highest BCUT2D eigenvalue weighted by Gasteiger charge is 1.93. The highest BCUT2D eigenvalue weighted by atomic mass is 16.5. The van der Waals surface area contributed by atoms with Crippen LogP contribution in [0, 0.1) is 6.07 Å². The zero-order valence-electron chi connectivity index (χ0n) is 7.81. The second-order valence-electron chi connectivity index (χ2n) is 2.99. The van der Waals surface area contributed by atoms with E-state index in [1.54, 1.807) is 0 Å². The molecule has 0 amide bonds. The normalized spacial score (nSPS) is 9.71. The molecule has 14 heavy (non-hydrogen) atoms. The van der Waals surface area contributed by atoms with Gasteiger partial charge in [0, 0.05) is 0 Å². The standard InChI is InChI=1S/C13H11O/c1-3-7-12(8-4-1)11-14-13-9-5-2-6-10-13/h1-7,9-10H,11H2. The molecular weight excluding hydrogens is 172 g/mol. The van der Waals surface area contributed by atoms with E-state index >= 15 is 0 Å². The van der Waals surface area contributed by atoms with Gasteiger partial charge in [-0.05, 0) is 23.8 Å². The third-order valence-electron chi connectivity index (χ3n) is 1.91. The van der Waals surface area contributed by atoms with Gasteiger partial charge in [0.1, 0.15) is 12.4 Å². The van der Waals surface area contributed by atoms with E-state index in [4.69, 9.17) is 4.74 Å². The molecule has 1 radical (unpaired) electrons. The summed E-state index contributed by atoms with van der Waals surface area (Å²) in [7, 11) is 0. The monoisotopic (exact) mass is 183 g/mol. The van der Waals surface area contributed by atoms with Crippen molar-refractivity contribution in [3.05, 3.63) is 66.2 Å². The molecule has 0 atom stereocenters. The predicted molar refractivity (Wildman–Crippen MR) is 56.1 cm³/mol. The summed E-state index contributed by atoms with van der Waals surface area (Å²) in [6.45, 7) is 0.574. The van der Waals surface area contributed by atoms with Crippen LogP contribution in [-0.2, 0) is 6.61 Å². The van der Waals surface area contributed by atoms with E-state index in [1.165, 1.54) is 0 Å². The Morgan fingerprint density at radius 1 is 0.929 bits per heavy atom. The zero-order chi connectivity index (χ0) is 9.64. The van der Waals surface area contributed by atoms with Gasteiger partial charge < -0.3 is 4.74 Å². The first-order valence-corrected chi connectivity index (χ1v) is 4.58. The lowest BCUT2D eigenvalue weighted by atomic mass is 10.2. The number of hydrogen-bond donors (Lipinski definition) is 0. The molecule has 0 saturated heterocycles. The molecule has 0 N–H and O–H groups in total. The first-order valence-electron chi connectivity index (χ1n) is 4.58. The van der Waals surface area contributed by atoms with Crippen molar-refractivity contribution >= 4 is 0 Å². The second-order valence-corrected chi connectivity index (χ2v) is 2.99. The van der Waals surface area contributed by atoms with Crippen molar-refractivity contribution in [1.82, 2.24) is 0 Å². The lowest BCUT2D eigenvalue weighted by molar-refractivity contribution is 0.306. The SMILES string of the molecule is [c]1ccccc1COc1ccccc1. The summed E-state index contributed by atoms with van der Waals surface area (Å²) >= 11 is 0. The first kappa shape index (κ1) is 8.82. The van der Waals surface area contributed by atoms with Gasteiger partial charge in [0.15, 0.2) is 0 Å². The van der Waals surface area contributed by atoms with Gasteiger partial charge in [-0.2, -0.15) is 0 Å². The van der Waals surface area contributed by atoms with Crippen molar-refractivity contribution < 1.29 is 4.74 Å². The number of para-hydroxylation sites is 1. The number of rotatable bonds is 3. The molecule has 0 saturated carbocycles. The summed E-state index contributed by atoms with van der Waals surface area (Å²) in [5.74, 6) is 0.893. The Morgan fingerprint density at radius 2 is 1.71 bits per heavy atom. The van der Waals surface area contributed by atoms with Gasteiger partial charge in [0.05, 0.1) is 0 Å². The van der Waals surface area contributed by atoms with Crippen LogP contribution < -0.4 is 4.74 Å². The van der Waals surface area contributed by atoms with Crippen molar-refractivity contribution in [2.45, 2.75) is 6.61 Å². The average Bonchev–Trinajstić information content (AvgIpc) is 2.29. The highest BCUT2D eigenvalue weighted by molar-refractivity contribution is 5.22. The van der Waals surface area contributed by atoms with E-state index in [0.29, 0.717) is 6.61 Å². The van der Waals surface area contributed by atoms with E-state index in [9.17, 15) is 0 Å². The summed E-state index contributed by atoms with van der Waals surface area (Å²) < 4.78 is 5.56. The molecule has 69 valence electrons. The van der Waals surface area contributed by atoms with Crippen LogP contribution in [0.15, 0.2) is 54.6 Å². The number of ether oxygens (including phenoxy) is 1. The third-order valence-corrected chi connectivity index (χ3v) is 1.91. The summed E-state index contributed by atoms with van der Waals surface area (Å²) in [5, 5.41) is 0. The maximum Gasteiger partial charge on any atom is 0.119 e. The Labute approximate surface area is 84.0 Å². The molecule has 1 heteroatoms. The largest absolute Gasteiger partial charge is 0.489 e. The fourth-order valence-electron chi connectivity index (χ4n) is 1.20.